The highest BCUT2D eigenvalue weighted by Gasteiger charge is 2.11. The summed E-state index contributed by atoms with van der Waals surface area (Å²) in [5.74, 6) is -0.0335. The number of aromatic nitrogens is 1. The predicted molar refractivity (Wildman–Crippen MR) is 73.7 cm³/mol. The monoisotopic (exact) mass is 265 g/mol. The number of rotatable bonds is 4. The maximum atomic E-state index is 11.8. The number of para-hydroxylation sites is 1. The third-order valence-corrected chi connectivity index (χ3v) is 3.18. The highest BCUT2D eigenvalue weighted by molar-refractivity contribution is 6.35. The van der Waals surface area contributed by atoms with Crippen LogP contribution in [-0.2, 0) is 11.2 Å². The van der Waals surface area contributed by atoms with E-state index in [2.05, 4.69) is 10.3 Å². The first-order valence-corrected chi connectivity index (χ1v) is 6.23. The molecule has 1 unspecified atom stereocenters. The molecule has 1 aromatic heterocycles. The Hall–Kier alpha value is -1.52. The molecular weight excluding hydrogens is 250 g/mol. The van der Waals surface area contributed by atoms with Gasteiger partial charge >= 0.3 is 0 Å². The number of fused-ring (bicyclic) bond motifs is 1. The summed E-state index contributed by atoms with van der Waals surface area (Å²) in [6.45, 7) is 2.31. The molecule has 0 spiro atoms. The minimum absolute atomic E-state index is 0.00806. The van der Waals surface area contributed by atoms with E-state index in [1.165, 1.54) is 0 Å². The highest BCUT2D eigenvalue weighted by Crippen LogP contribution is 2.25. The van der Waals surface area contributed by atoms with E-state index in [-0.39, 0.29) is 11.9 Å². The lowest BCUT2D eigenvalue weighted by Gasteiger charge is -2.10. The second-order valence-electron chi connectivity index (χ2n) is 4.36. The largest absolute Gasteiger partial charge is 0.360 e. The van der Waals surface area contributed by atoms with Crippen molar-refractivity contribution in [2.75, 3.05) is 6.54 Å². The number of amides is 1. The second-order valence-corrected chi connectivity index (χ2v) is 4.76. The van der Waals surface area contributed by atoms with Gasteiger partial charge in [0.15, 0.2) is 0 Å². The van der Waals surface area contributed by atoms with Crippen molar-refractivity contribution in [1.82, 2.24) is 10.3 Å². The first-order valence-electron chi connectivity index (χ1n) is 5.85. The number of nitrogens with two attached hydrogens (primary N) is 1. The Kier molecular flexibility index (Phi) is 3.89. The fourth-order valence-electron chi connectivity index (χ4n) is 1.88. The van der Waals surface area contributed by atoms with E-state index in [4.69, 9.17) is 17.3 Å². The van der Waals surface area contributed by atoms with Gasteiger partial charge in [0.1, 0.15) is 0 Å². The molecule has 1 aromatic carbocycles. The number of aromatic amines is 1. The molecule has 0 fully saturated rings. The average molecular weight is 266 g/mol. The van der Waals surface area contributed by atoms with Gasteiger partial charge in [-0.15, -0.1) is 0 Å². The molecule has 5 heteroatoms. The maximum absolute atomic E-state index is 11.8. The van der Waals surface area contributed by atoms with E-state index in [0.29, 0.717) is 18.0 Å². The van der Waals surface area contributed by atoms with Gasteiger partial charge in [0.2, 0.25) is 5.91 Å². The van der Waals surface area contributed by atoms with Crippen LogP contribution >= 0.6 is 11.6 Å². The maximum Gasteiger partial charge on any atom is 0.224 e. The molecule has 1 heterocycles. The van der Waals surface area contributed by atoms with Gasteiger partial charge in [-0.1, -0.05) is 23.7 Å². The van der Waals surface area contributed by atoms with Crippen LogP contribution in [0.15, 0.2) is 24.4 Å². The first kappa shape index (κ1) is 12.9. The van der Waals surface area contributed by atoms with Crippen LogP contribution in [0.1, 0.15) is 12.5 Å². The summed E-state index contributed by atoms with van der Waals surface area (Å²) >= 11 is 6.07. The zero-order chi connectivity index (χ0) is 13.1. The van der Waals surface area contributed by atoms with Crippen LogP contribution in [0.5, 0.6) is 0 Å². The van der Waals surface area contributed by atoms with Crippen LogP contribution < -0.4 is 11.1 Å². The lowest BCUT2D eigenvalue weighted by molar-refractivity contribution is -0.120. The van der Waals surface area contributed by atoms with E-state index in [0.717, 1.165) is 16.5 Å². The van der Waals surface area contributed by atoms with Gasteiger partial charge in [0.05, 0.1) is 17.0 Å². The zero-order valence-electron chi connectivity index (χ0n) is 10.2. The van der Waals surface area contributed by atoms with Crippen molar-refractivity contribution >= 4 is 28.4 Å². The first-order chi connectivity index (χ1) is 8.61. The third-order valence-electron chi connectivity index (χ3n) is 2.86. The van der Waals surface area contributed by atoms with Crippen LogP contribution in [0.3, 0.4) is 0 Å². The number of hydrogen-bond acceptors (Lipinski definition) is 2. The minimum atomic E-state index is -0.0335. The summed E-state index contributed by atoms with van der Waals surface area (Å²) in [6, 6.07) is 5.64. The predicted octanol–water partition coefficient (Wildman–Crippen LogP) is 1.83. The van der Waals surface area contributed by atoms with Gasteiger partial charge in [-0.3, -0.25) is 4.79 Å². The summed E-state index contributed by atoms with van der Waals surface area (Å²) in [4.78, 5) is 14.9. The quantitative estimate of drug-likeness (QED) is 0.789. The van der Waals surface area contributed by atoms with E-state index in [9.17, 15) is 4.79 Å². The molecule has 96 valence electrons. The second kappa shape index (κ2) is 5.42. The van der Waals surface area contributed by atoms with Crippen LogP contribution in [-0.4, -0.2) is 23.5 Å². The van der Waals surface area contributed by atoms with Crippen LogP contribution in [0.25, 0.3) is 10.9 Å². The van der Waals surface area contributed by atoms with Crippen molar-refractivity contribution < 1.29 is 4.79 Å². The molecular formula is C13H16ClN3O. The standard InChI is InChI=1S/C13H16ClN3O/c1-8(6-15)17-12(18)5-9-7-16-13-10(9)3-2-4-11(13)14/h2-4,7-8,16H,5-6,15H2,1H3,(H,17,18). The van der Waals surface area contributed by atoms with E-state index < -0.39 is 0 Å². The molecule has 0 saturated carbocycles. The van der Waals surface area contributed by atoms with E-state index >= 15 is 0 Å². The third kappa shape index (κ3) is 2.66. The molecule has 4 N–H and O–H groups in total. The molecule has 0 saturated heterocycles. The van der Waals surface area contributed by atoms with Crippen molar-refractivity contribution in [3.63, 3.8) is 0 Å². The van der Waals surface area contributed by atoms with Gasteiger partial charge < -0.3 is 16.0 Å². The molecule has 1 atom stereocenters. The van der Waals surface area contributed by atoms with Crippen LogP contribution in [0, 0.1) is 0 Å². The summed E-state index contributed by atoms with van der Waals surface area (Å²) in [5.41, 5.74) is 7.27. The number of nitrogens with one attached hydrogen (secondary N) is 2. The van der Waals surface area contributed by atoms with Gasteiger partial charge in [0, 0.05) is 24.2 Å². The summed E-state index contributed by atoms with van der Waals surface area (Å²) < 4.78 is 0. The molecule has 0 aliphatic carbocycles. The zero-order valence-corrected chi connectivity index (χ0v) is 10.9. The number of H-pyrrole nitrogens is 1. The fraction of sp³-hybridized carbons (Fsp3) is 0.308. The SMILES string of the molecule is CC(CN)NC(=O)Cc1c[nH]c2c(Cl)cccc12. The van der Waals surface area contributed by atoms with Crippen molar-refractivity contribution in [3.8, 4) is 0 Å². The minimum Gasteiger partial charge on any atom is -0.360 e. The summed E-state index contributed by atoms with van der Waals surface area (Å²) in [6.07, 6.45) is 2.15. The molecule has 0 bridgehead atoms. The molecule has 18 heavy (non-hydrogen) atoms. The topological polar surface area (TPSA) is 70.9 Å². The Labute approximate surface area is 111 Å². The molecule has 2 rings (SSSR count). The van der Waals surface area contributed by atoms with Gasteiger partial charge in [-0.25, -0.2) is 0 Å². The van der Waals surface area contributed by atoms with Crippen LogP contribution in [0.4, 0.5) is 0 Å². The Morgan fingerprint density at radius 1 is 1.56 bits per heavy atom. The van der Waals surface area contributed by atoms with Gasteiger partial charge in [0.25, 0.3) is 0 Å². The Balaban J connectivity index is 2.17. The fourth-order valence-corrected chi connectivity index (χ4v) is 2.11. The average Bonchev–Trinajstić information content (AvgIpc) is 2.74. The lowest BCUT2D eigenvalue weighted by Crippen LogP contribution is -2.38. The summed E-state index contributed by atoms with van der Waals surface area (Å²) in [5, 5.41) is 4.48. The number of hydrogen-bond donors (Lipinski definition) is 3. The van der Waals surface area contributed by atoms with Crippen molar-refractivity contribution in [3.05, 3.63) is 35.0 Å². The van der Waals surface area contributed by atoms with Crippen molar-refractivity contribution in [1.29, 1.82) is 0 Å². The number of halogens is 1. The Morgan fingerprint density at radius 3 is 3.06 bits per heavy atom. The molecule has 1 amide bonds. The number of carbonyl (C=O) groups excluding carboxylic acids is 1. The molecule has 2 aromatic rings. The van der Waals surface area contributed by atoms with Crippen molar-refractivity contribution in [2.24, 2.45) is 5.73 Å². The molecule has 4 nitrogen and oxygen atoms in total. The molecule has 0 radical (unpaired) electrons. The normalized spacial score (nSPS) is 12.6. The summed E-state index contributed by atoms with van der Waals surface area (Å²) in [7, 11) is 0. The van der Waals surface area contributed by atoms with E-state index in [1.807, 2.05) is 31.3 Å². The van der Waals surface area contributed by atoms with E-state index in [1.54, 1.807) is 0 Å². The molecule has 0 aliphatic heterocycles. The number of benzene rings is 1. The smallest absolute Gasteiger partial charge is 0.224 e. The Bertz CT molecular complexity index is 564. The Morgan fingerprint density at radius 2 is 2.33 bits per heavy atom. The van der Waals surface area contributed by atoms with Crippen molar-refractivity contribution in [2.45, 2.75) is 19.4 Å². The van der Waals surface area contributed by atoms with Gasteiger partial charge in [-0.05, 0) is 18.6 Å². The number of carbonyl (C=O) groups is 1. The lowest BCUT2D eigenvalue weighted by atomic mass is 10.1. The highest BCUT2D eigenvalue weighted by atomic mass is 35.5. The van der Waals surface area contributed by atoms with Gasteiger partial charge in [-0.2, -0.15) is 0 Å². The molecule has 0 aliphatic rings. The van der Waals surface area contributed by atoms with Crippen LogP contribution in [0.2, 0.25) is 5.02 Å².